The molecule has 0 aliphatic carbocycles. The Kier molecular flexibility index (Phi) is 5.29. The van der Waals surface area contributed by atoms with Gasteiger partial charge < -0.3 is 10.2 Å². The maximum atomic E-state index is 14.3. The highest BCUT2D eigenvalue weighted by Crippen LogP contribution is 2.28. The summed E-state index contributed by atoms with van der Waals surface area (Å²) in [5.74, 6) is -0.421. The number of aryl methyl sites for hydroxylation is 1. The Balaban J connectivity index is 1.56. The third-order valence-electron chi connectivity index (χ3n) is 5.59. The van der Waals surface area contributed by atoms with Gasteiger partial charge in [0.25, 0.3) is 5.91 Å². The number of aromatic nitrogens is 4. The molecule has 1 N–H and O–H groups in total. The second-order valence-electron chi connectivity index (χ2n) is 7.89. The molecule has 0 bridgehead atoms. The number of anilines is 2. The molecule has 0 saturated carbocycles. The largest absolute Gasteiger partial charge is 0.354 e. The number of nitrogens with zero attached hydrogens (tertiary/aromatic N) is 5. The second kappa shape index (κ2) is 8.42. The van der Waals surface area contributed by atoms with E-state index in [4.69, 9.17) is 4.98 Å². The summed E-state index contributed by atoms with van der Waals surface area (Å²) in [6.07, 6.45) is 2.05. The smallest absolute Gasteiger partial charge is 0.281 e. The normalized spacial score (nSPS) is 13.5. The third-order valence-corrected chi connectivity index (χ3v) is 5.59. The van der Waals surface area contributed by atoms with Gasteiger partial charge in [-0.1, -0.05) is 24.3 Å². The molecule has 166 valence electrons. The van der Waals surface area contributed by atoms with Gasteiger partial charge in [-0.05, 0) is 44.0 Å². The molecule has 0 radical (unpaired) electrons. The lowest BCUT2D eigenvalue weighted by Crippen LogP contribution is -2.29. The van der Waals surface area contributed by atoms with E-state index < -0.39 is 17.2 Å². The number of rotatable bonds is 4. The van der Waals surface area contributed by atoms with Crippen molar-refractivity contribution in [3.8, 4) is 5.69 Å². The van der Waals surface area contributed by atoms with Gasteiger partial charge in [-0.3, -0.25) is 9.59 Å². The Labute approximate surface area is 188 Å². The van der Waals surface area contributed by atoms with E-state index in [0.717, 1.165) is 25.9 Å². The highest BCUT2D eigenvalue weighted by atomic mass is 19.1. The number of hydrogen-bond donors (Lipinski definition) is 1. The van der Waals surface area contributed by atoms with Crippen LogP contribution >= 0.6 is 0 Å². The molecule has 0 spiro atoms. The number of amides is 1. The Hall–Kier alpha value is -4.14. The Morgan fingerprint density at radius 1 is 1.00 bits per heavy atom. The van der Waals surface area contributed by atoms with E-state index in [2.05, 4.69) is 20.3 Å². The molecule has 1 aliphatic heterocycles. The van der Waals surface area contributed by atoms with Crippen LogP contribution in [0.1, 0.15) is 29.0 Å². The molecule has 1 amide bonds. The van der Waals surface area contributed by atoms with E-state index >= 15 is 0 Å². The molecule has 2 aromatic heterocycles. The number of carbonyl (C=O) groups excluding carboxylic acids is 1. The van der Waals surface area contributed by atoms with Gasteiger partial charge in [-0.2, -0.15) is 5.10 Å². The van der Waals surface area contributed by atoms with Crippen LogP contribution in [0.3, 0.4) is 0 Å². The molecule has 2 aromatic carbocycles. The van der Waals surface area contributed by atoms with Crippen LogP contribution in [0.15, 0.2) is 59.4 Å². The highest BCUT2D eigenvalue weighted by molar-refractivity contribution is 6.04. The first kappa shape index (κ1) is 20.7. The summed E-state index contributed by atoms with van der Waals surface area (Å²) in [6, 6.07) is 14.7. The van der Waals surface area contributed by atoms with Crippen LogP contribution in [-0.4, -0.2) is 38.7 Å². The van der Waals surface area contributed by atoms with E-state index in [-0.39, 0.29) is 17.2 Å². The van der Waals surface area contributed by atoms with Crippen LogP contribution in [0.25, 0.3) is 16.7 Å². The van der Waals surface area contributed by atoms with Gasteiger partial charge in [0.05, 0.1) is 11.0 Å². The average Bonchev–Trinajstić information content (AvgIpc) is 3.34. The average molecular weight is 444 g/mol. The zero-order chi connectivity index (χ0) is 22.9. The standard InChI is InChI=1S/C24H21FN6O2/c1-15-14-20(32)21(29-31(15)19-11-5-2-8-16(19)25)24(33)28-22-23(30-12-6-7-13-30)27-18-10-4-3-9-17(18)26-22/h2-5,8-11,14H,6-7,12-13H2,1H3,(H,26,28,33). The summed E-state index contributed by atoms with van der Waals surface area (Å²) >= 11 is 0. The zero-order valence-electron chi connectivity index (χ0n) is 18.0. The molecule has 8 nitrogen and oxygen atoms in total. The first-order chi connectivity index (χ1) is 16.0. The van der Waals surface area contributed by atoms with Crippen LogP contribution in [0.4, 0.5) is 16.0 Å². The van der Waals surface area contributed by atoms with Crippen molar-refractivity contribution >= 4 is 28.6 Å². The minimum Gasteiger partial charge on any atom is -0.354 e. The van der Waals surface area contributed by atoms with Crippen molar-refractivity contribution in [1.29, 1.82) is 0 Å². The Morgan fingerprint density at radius 3 is 2.39 bits per heavy atom. The quantitative estimate of drug-likeness (QED) is 0.518. The molecule has 4 aromatic rings. The van der Waals surface area contributed by atoms with Gasteiger partial charge in [-0.15, -0.1) is 0 Å². The van der Waals surface area contributed by atoms with Crippen molar-refractivity contribution in [2.45, 2.75) is 19.8 Å². The van der Waals surface area contributed by atoms with Gasteiger partial charge in [0, 0.05) is 24.8 Å². The van der Waals surface area contributed by atoms with E-state index in [9.17, 15) is 14.0 Å². The summed E-state index contributed by atoms with van der Waals surface area (Å²) in [4.78, 5) is 37.1. The highest BCUT2D eigenvalue weighted by Gasteiger charge is 2.23. The summed E-state index contributed by atoms with van der Waals surface area (Å²) in [7, 11) is 0. The number of para-hydroxylation sites is 3. The molecule has 3 heterocycles. The third kappa shape index (κ3) is 3.93. The zero-order valence-corrected chi connectivity index (χ0v) is 18.0. The molecule has 1 aliphatic rings. The Morgan fingerprint density at radius 2 is 1.67 bits per heavy atom. The molecule has 1 fully saturated rings. The molecule has 9 heteroatoms. The van der Waals surface area contributed by atoms with Gasteiger partial charge >= 0.3 is 0 Å². The SMILES string of the molecule is Cc1cc(=O)c(C(=O)Nc2nc3ccccc3nc2N2CCCC2)nn1-c1ccccc1F. The van der Waals surface area contributed by atoms with E-state index in [1.54, 1.807) is 25.1 Å². The number of halogens is 1. The minimum atomic E-state index is -0.727. The lowest BCUT2D eigenvalue weighted by Gasteiger charge is -2.20. The van der Waals surface area contributed by atoms with Crippen LogP contribution in [0.2, 0.25) is 0 Å². The lowest BCUT2D eigenvalue weighted by molar-refractivity contribution is 0.101. The molecule has 33 heavy (non-hydrogen) atoms. The van der Waals surface area contributed by atoms with E-state index in [0.29, 0.717) is 22.5 Å². The molecule has 5 rings (SSSR count). The van der Waals surface area contributed by atoms with Gasteiger partial charge in [0.1, 0.15) is 11.5 Å². The van der Waals surface area contributed by atoms with Crippen molar-refractivity contribution in [3.05, 3.63) is 82.0 Å². The first-order valence-electron chi connectivity index (χ1n) is 10.7. The van der Waals surface area contributed by atoms with Crippen molar-refractivity contribution in [3.63, 3.8) is 0 Å². The number of nitrogens with one attached hydrogen (secondary N) is 1. The number of fused-ring (bicyclic) bond motifs is 1. The van der Waals surface area contributed by atoms with E-state index in [1.165, 1.54) is 22.9 Å². The summed E-state index contributed by atoms with van der Waals surface area (Å²) < 4.78 is 15.6. The summed E-state index contributed by atoms with van der Waals surface area (Å²) in [6.45, 7) is 3.24. The second-order valence-corrected chi connectivity index (χ2v) is 7.89. The van der Waals surface area contributed by atoms with Crippen LogP contribution in [0, 0.1) is 12.7 Å². The van der Waals surface area contributed by atoms with Crippen molar-refractivity contribution in [1.82, 2.24) is 19.7 Å². The van der Waals surface area contributed by atoms with Crippen molar-refractivity contribution < 1.29 is 9.18 Å². The predicted molar refractivity (Wildman–Crippen MR) is 123 cm³/mol. The number of hydrogen-bond acceptors (Lipinski definition) is 6. The molecular formula is C24H21FN6O2. The number of benzene rings is 2. The fourth-order valence-corrected chi connectivity index (χ4v) is 3.96. The van der Waals surface area contributed by atoms with Crippen LogP contribution < -0.4 is 15.6 Å². The molecule has 0 atom stereocenters. The van der Waals surface area contributed by atoms with E-state index in [1.807, 2.05) is 18.2 Å². The molecular weight excluding hydrogens is 423 g/mol. The topological polar surface area (TPSA) is 93.0 Å². The lowest BCUT2D eigenvalue weighted by atomic mass is 10.2. The maximum Gasteiger partial charge on any atom is 0.281 e. The van der Waals surface area contributed by atoms with Gasteiger partial charge in [-0.25, -0.2) is 19.0 Å². The van der Waals surface area contributed by atoms with Crippen molar-refractivity contribution in [2.75, 3.05) is 23.3 Å². The molecule has 0 unspecified atom stereocenters. The minimum absolute atomic E-state index is 0.146. The summed E-state index contributed by atoms with van der Waals surface area (Å²) in [5, 5.41) is 6.90. The number of carbonyl (C=O) groups is 1. The van der Waals surface area contributed by atoms with Crippen LogP contribution in [-0.2, 0) is 0 Å². The Bertz CT molecular complexity index is 1430. The fourth-order valence-electron chi connectivity index (χ4n) is 3.96. The fraction of sp³-hybridized carbons (Fsp3) is 0.208. The van der Waals surface area contributed by atoms with Gasteiger partial charge in [0.15, 0.2) is 17.3 Å². The molecule has 1 saturated heterocycles. The monoisotopic (exact) mass is 444 g/mol. The first-order valence-corrected chi connectivity index (χ1v) is 10.7. The predicted octanol–water partition coefficient (Wildman–Crippen LogP) is 3.48. The van der Waals surface area contributed by atoms with Crippen molar-refractivity contribution in [2.24, 2.45) is 0 Å². The van der Waals surface area contributed by atoms with Crippen LogP contribution in [0.5, 0.6) is 0 Å². The summed E-state index contributed by atoms with van der Waals surface area (Å²) in [5.41, 5.74) is 0.974. The maximum absolute atomic E-state index is 14.3. The van der Waals surface area contributed by atoms with Gasteiger partial charge in [0.2, 0.25) is 5.43 Å².